The molecule has 1 aliphatic rings. The van der Waals surface area contributed by atoms with E-state index in [1.54, 1.807) is 0 Å². The lowest BCUT2D eigenvalue weighted by molar-refractivity contribution is -0.659. The van der Waals surface area contributed by atoms with Crippen molar-refractivity contribution in [3.8, 4) is 11.3 Å². The Labute approximate surface area is 204 Å². The van der Waals surface area contributed by atoms with Crippen molar-refractivity contribution in [2.45, 2.75) is 58.5 Å². The third kappa shape index (κ3) is 3.80. The summed E-state index contributed by atoms with van der Waals surface area (Å²) in [7, 11) is 0.316. The molecule has 0 bridgehead atoms. The zero-order valence-corrected chi connectivity index (χ0v) is 22.1. The van der Waals surface area contributed by atoms with Crippen molar-refractivity contribution in [1.29, 1.82) is 0 Å². The first kappa shape index (κ1) is 23.0. The Morgan fingerprint density at radius 2 is 1.56 bits per heavy atom. The van der Waals surface area contributed by atoms with Gasteiger partial charge in [-0.2, -0.15) is 0 Å². The van der Waals surface area contributed by atoms with Crippen LogP contribution in [-0.4, -0.2) is 8.07 Å². The number of halogens is 1. The van der Waals surface area contributed by atoms with Gasteiger partial charge in [-0.25, -0.2) is 8.96 Å². The first-order valence-corrected chi connectivity index (χ1v) is 15.6. The van der Waals surface area contributed by atoms with Crippen molar-refractivity contribution < 1.29 is 8.96 Å². The molecule has 4 aromatic rings. The van der Waals surface area contributed by atoms with E-state index in [2.05, 4.69) is 98.5 Å². The SMILES string of the molecule is Cc1c(-c2c3ccc([Si](C)(C)c4ccccc4)cc3cc[n+]2C)cc(C2CCCC2)c(F)c1C. The van der Waals surface area contributed by atoms with Crippen molar-refractivity contribution in [2.75, 3.05) is 0 Å². The largest absolute Gasteiger partial charge is 0.220 e. The van der Waals surface area contributed by atoms with Gasteiger partial charge in [0.25, 0.3) is 0 Å². The second-order valence-electron chi connectivity index (χ2n) is 10.6. The molecule has 1 nitrogen and oxygen atoms in total. The van der Waals surface area contributed by atoms with Crippen LogP contribution < -0.4 is 14.9 Å². The zero-order valence-electron chi connectivity index (χ0n) is 21.1. The Hall–Kier alpha value is -2.78. The van der Waals surface area contributed by atoms with Crippen molar-refractivity contribution in [3.63, 3.8) is 0 Å². The molecular weight excluding hydrogens is 433 g/mol. The number of aromatic nitrogens is 1. The Balaban J connectivity index is 1.69. The molecule has 174 valence electrons. The molecule has 1 heterocycles. The highest BCUT2D eigenvalue weighted by atomic mass is 28.3. The quantitative estimate of drug-likeness (QED) is 0.236. The highest BCUT2D eigenvalue weighted by Crippen LogP contribution is 2.40. The molecule has 0 atom stereocenters. The van der Waals surface area contributed by atoms with Crippen molar-refractivity contribution in [1.82, 2.24) is 0 Å². The van der Waals surface area contributed by atoms with Crippen LogP contribution in [0, 0.1) is 19.7 Å². The van der Waals surface area contributed by atoms with Gasteiger partial charge in [0.1, 0.15) is 20.9 Å². The summed E-state index contributed by atoms with van der Waals surface area (Å²) in [4.78, 5) is 0. The van der Waals surface area contributed by atoms with Crippen molar-refractivity contribution >= 4 is 29.2 Å². The number of rotatable bonds is 4. The Bertz CT molecular complexity index is 1370. The van der Waals surface area contributed by atoms with E-state index in [1.807, 2.05) is 6.92 Å². The third-order valence-electron chi connectivity index (χ3n) is 8.25. The standard InChI is InChI=1S/C31H35FNSi/c1-21-22(2)30(32)29(23-11-9-10-12-23)20-28(21)31-27-16-15-26(19-24(27)17-18-33(31)3)34(4,5)25-13-7-6-8-14-25/h6-8,13-20,23H,9-12H2,1-5H3/q+1. The minimum absolute atomic E-state index is 0.00827. The highest BCUT2D eigenvalue weighted by Gasteiger charge is 2.29. The van der Waals surface area contributed by atoms with Crippen LogP contribution in [0.25, 0.3) is 22.0 Å². The molecular formula is C31H35FNSi+. The summed E-state index contributed by atoms with van der Waals surface area (Å²) in [5, 5.41) is 5.37. The van der Waals surface area contributed by atoms with Gasteiger partial charge in [-0.1, -0.05) is 78.8 Å². The molecule has 1 fully saturated rings. The second-order valence-corrected chi connectivity index (χ2v) is 15.0. The molecule has 0 radical (unpaired) electrons. The van der Waals surface area contributed by atoms with Crippen LogP contribution in [0.3, 0.4) is 0 Å². The van der Waals surface area contributed by atoms with E-state index in [1.165, 1.54) is 45.2 Å². The van der Waals surface area contributed by atoms with Gasteiger partial charge in [0, 0.05) is 6.07 Å². The molecule has 34 heavy (non-hydrogen) atoms. The van der Waals surface area contributed by atoms with Crippen molar-refractivity contribution in [2.24, 2.45) is 7.05 Å². The van der Waals surface area contributed by atoms with Gasteiger partial charge < -0.3 is 0 Å². The molecule has 0 unspecified atom stereocenters. The van der Waals surface area contributed by atoms with Gasteiger partial charge in [-0.05, 0) is 66.8 Å². The zero-order chi connectivity index (χ0) is 24.0. The van der Waals surface area contributed by atoms with Crippen LogP contribution in [0.5, 0.6) is 0 Å². The molecule has 0 spiro atoms. The number of aryl methyl sites for hydroxylation is 1. The molecule has 1 saturated carbocycles. The second kappa shape index (κ2) is 8.78. The Morgan fingerprint density at radius 3 is 2.26 bits per heavy atom. The first-order chi connectivity index (χ1) is 16.3. The summed E-state index contributed by atoms with van der Waals surface area (Å²) in [6, 6.07) is 22.3. The molecule has 1 aliphatic carbocycles. The fourth-order valence-electron chi connectivity index (χ4n) is 5.81. The van der Waals surface area contributed by atoms with Crippen LogP contribution in [0.1, 0.15) is 48.3 Å². The van der Waals surface area contributed by atoms with Gasteiger partial charge in [0.2, 0.25) is 5.69 Å². The maximum atomic E-state index is 15.4. The molecule has 3 heteroatoms. The van der Waals surface area contributed by atoms with Gasteiger partial charge in [0.05, 0.1) is 10.9 Å². The number of nitrogens with zero attached hydrogens (tertiary/aromatic N) is 1. The van der Waals surface area contributed by atoms with Crippen LogP contribution in [0.4, 0.5) is 4.39 Å². The molecule has 0 saturated heterocycles. The van der Waals surface area contributed by atoms with Crippen LogP contribution in [-0.2, 0) is 7.05 Å². The summed E-state index contributed by atoms with van der Waals surface area (Å²) in [6.45, 7) is 8.87. The average molecular weight is 469 g/mol. The van der Waals surface area contributed by atoms with E-state index in [-0.39, 0.29) is 5.82 Å². The Kier molecular flexibility index (Phi) is 5.93. The van der Waals surface area contributed by atoms with E-state index in [0.29, 0.717) is 5.92 Å². The summed E-state index contributed by atoms with van der Waals surface area (Å²) in [6.07, 6.45) is 6.77. The maximum absolute atomic E-state index is 15.4. The van der Waals surface area contributed by atoms with E-state index < -0.39 is 8.07 Å². The number of pyridine rings is 1. The molecule has 5 rings (SSSR count). The molecule has 3 aromatic carbocycles. The van der Waals surface area contributed by atoms with E-state index in [0.717, 1.165) is 29.5 Å². The first-order valence-electron chi connectivity index (χ1n) is 12.6. The minimum atomic E-state index is -1.79. The van der Waals surface area contributed by atoms with E-state index in [4.69, 9.17) is 0 Å². The lowest BCUT2D eigenvalue weighted by Gasteiger charge is -2.24. The summed E-state index contributed by atoms with van der Waals surface area (Å²) in [5.41, 5.74) is 5.11. The van der Waals surface area contributed by atoms with Gasteiger partial charge in [0.15, 0.2) is 6.20 Å². The summed E-state index contributed by atoms with van der Waals surface area (Å²) >= 11 is 0. The smallest absolute Gasteiger partial charge is 0.206 e. The fraction of sp³-hybridized carbons (Fsp3) is 0.323. The lowest BCUT2D eigenvalue weighted by Crippen LogP contribution is -2.52. The van der Waals surface area contributed by atoms with Gasteiger partial charge >= 0.3 is 0 Å². The Morgan fingerprint density at radius 1 is 0.853 bits per heavy atom. The lowest BCUT2D eigenvalue weighted by atomic mass is 9.88. The van der Waals surface area contributed by atoms with Crippen LogP contribution >= 0.6 is 0 Å². The number of fused-ring (bicyclic) bond motifs is 1. The number of benzene rings is 3. The van der Waals surface area contributed by atoms with Crippen molar-refractivity contribution in [3.05, 3.63) is 89.4 Å². The predicted octanol–water partition coefficient (Wildman–Crippen LogP) is 6.57. The fourth-order valence-corrected chi connectivity index (χ4v) is 8.18. The van der Waals surface area contributed by atoms with E-state index in [9.17, 15) is 0 Å². The van der Waals surface area contributed by atoms with E-state index >= 15 is 4.39 Å². The van der Waals surface area contributed by atoms with Crippen LogP contribution in [0.15, 0.2) is 66.9 Å². The van der Waals surface area contributed by atoms with Gasteiger partial charge in [-0.3, -0.25) is 0 Å². The third-order valence-corrected chi connectivity index (χ3v) is 11.8. The normalized spacial score (nSPS) is 14.8. The summed E-state index contributed by atoms with van der Waals surface area (Å²) in [5.74, 6) is 0.358. The highest BCUT2D eigenvalue weighted by molar-refractivity contribution is 7.00. The molecule has 0 N–H and O–H groups in total. The number of hydrogen-bond donors (Lipinski definition) is 0. The van der Waals surface area contributed by atoms with Gasteiger partial charge in [-0.15, -0.1) is 0 Å². The summed E-state index contributed by atoms with van der Waals surface area (Å²) < 4.78 is 17.6. The number of hydrogen-bond acceptors (Lipinski definition) is 0. The average Bonchev–Trinajstić information content (AvgIpc) is 3.38. The molecule has 0 amide bonds. The topological polar surface area (TPSA) is 3.88 Å². The predicted molar refractivity (Wildman–Crippen MR) is 144 cm³/mol. The minimum Gasteiger partial charge on any atom is -0.206 e. The molecule has 1 aromatic heterocycles. The van der Waals surface area contributed by atoms with Crippen LogP contribution in [0.2, 0.25) is 13.1 Å². The molecule has 0 aliphatic heterocycles. The maximum Gasteiger partial charge on any atom is 0.220 e. The monoisotopic (exact) mass is 468 g/mol.